The first-order chi connectivity index (χ1) is 26.0. The van der Waals surface area contributed by atoms with Gasteiger partial charge in [-0.25, -0.2) is 15.0 Å². The van der Waals surface area contributed by atoms with Crippen molar-refractivity contribution in [2.75, 3.05) is 0 Å². The Labute approximate surface area is 305 Å². The minimum Gasteiger partial charge on any atom is -0.456 e. The topological polar surface area (TPSA) is 65.0 Å². The van der Waals surface area contributed by atoms with E-state index in [1.165, 1.54) is 22.3 Å². The van der Waals surface area contributed by atoms with Crippen molar-refractivity contribution < 1.29 is 8.83 Å². The fourth-order valence-electron chi connectivity index (χ4n) is 8.29. The van der Waals surface area contributed by atoms with Gasteiger partial charge in [-0.2, -0.15) is 0 Å². The average Bonchev–Trinajstić information content (AvgIpc) is 3.84. The number of hydrogen-bond donors (Lipinski definition) is 0. The van der Waals surface area contributed by atoms with E-state index < -0.39 is 0 Å². The van der Waals surface area contributed by atoms with E-state index in [1.807, 2.05) is 60.7 Å². The second-order valence-corrected chi connectivity index (χ2v) is 14.4. The van der Waals surface area contributed by atoms with E-state index in [1.54, 1.807) is 0 Å². The Balaban J connectivity index is 1.04. The van der Waals surface area contributed by atoms with E-state index >= 15 is 0 Å². The zero-order valence-electron chi connectivity index (χ0n) is 29.1. The largest absolute Gasteiger partial charge is 0.456 e. The molecule has 0 unspecified atom stereocenters. The van der Waals surface area contributed by atoms with Gasteiger partial charge in [-0.05, 0) is 75.8 Å². The highest BCUT2D eigenvalue weighted by Crippen LogP contribution is 2.50. The van der Waals surface area contributed by atoms with Gasteiger partial charge in [-0.1, -0.05) is 123 Å². The number of aromatic nitrogens is 3. The summed E-state index contributed by atoms with van der Waals surface area (Å²) in [6, 6.07) is 52.4. The Hall–Kier alpha value is -6.85. The predicted octanol–water partition coefficient (Wildman–Crippen LogP) is 12.6. The summed E-state index contributed by atoms with van der Waals surface area (Å²) in [6.07, 6.45) is 0. The van der Waals surface area contributed by atoms with Crippen molar-refractivity contribution in [2.24, 2.45) is 0 Å². The quantitative estimate of drug-likeness (QED) is 0.185. The van der Waals surface area contributed by atoms with Crippen LogP contribution in [-0.2, 0) is 5.41 Å². The average molecular weight is 682 g/mol. The van der Waals surface area contributed by atoms with Crippen LogP contribution in [0.15, 0.2) is 160 Å². The Morgan fingerprint density at radius 2 is 1.02 bits per heavy atom. The minimum atomic E-state index is -0.0712. The molecule has 1 aliphatic carbocycles. The molecule has 0 saturated carbocycles. The Morgan fingerprint density at radius 1 is 0.377 bits per heavy atom. The molecular formula is C48H31N3O2. The van der Waals surface area contributed by atoms with Crippen LogP contribution in [0.2, 0.25) is 0 Å². The van der Waals surface area contributed by atoms with Crippen LogP contribution >= 0.6 is 0 Å². The van der Waals surface area contributed by atoms with Gasteiger partial charge >= 0.3 is 0 Å². The fraction of sp³-hybridized carbons (Fsp3) is 0.0625. The number of nitrogens with zero attached hydrogens (tertiary/aromatic N) is 3. The molecule has 0 radical (unpaired) electrons. The van der Waals surface area contributed by atoms with E-state index in [0.29, 0.717) is 17.5 Å². The van der Waals surface area contributed by atoms with Gasteiger partial charge in [0.25, 0.3) is 0 Å². The van der Waals surface area contributed by atoms with Crippen molar-refractivity contribution in [3.63, 3.8) is 0 Å². The Bertz CT molecular complexity index is 3100. The highest BCUT2D eigenvalue weighted by molar-refractivity contribution is 6.12. The molecule has 0 N–H and O–H groups in total. The summed E-state index contributed by atoms with van der Waals surface area (Å²) >= 11 is 0. The van der Waals surface area contributed by atoms with Crippen molar-refractivity contribution in [1.29, 1.82) is 0 Å². The van der Waals surface area contributed by atoms with Crippen molar-refractivity contribution >= 4 is 43.9 Å². The predicted molar refractivity (Wildman–Crippen MR) is 214 cm³/mol. The van der Waals surface area contributed by atoms with Gasteiger partial charge in [0.1, 0.15) is 22.3 Å². The highest BCUT2D eigenvalue weighted by Gasteiger charge is 2.36. The van der Waals surface area contributed by atoms with Crippen LogP contribution in [0.3, 0.4) is 0 Å². The second kappa shape index (κ2) is 11.1. The standard InChI is InChI=1S/C48H31N3O2/c1-48(2)38-19-8-6-16-32(38)36-27-43-37(26-39(36)48)33-23-22-30(25-42(33)53-43)29-14-10-15-31(24-29)46-49-45(28-12-4-3-5-13-28)50-47(51-46)35-18-11-21-41-44(35)34-17-7-9-20-40(34)52-41/h3-27H,1-2H3. The number of furan rings is 2. The molecule has 3 aromatic heterocycles. The summed E-state index contributed by atoms with van der Waals surface area (Å²) in [5.74, 6) is 1.81. The summed E-state index contributed by atoms with van der Waals surface area (Å²) in [7, 11) is 0. The summed E-state index contributed by atoms with van der Waals surface area (Å²) in [6.45, 7) is 4.63. The summed E-state index contributed by atoms with van der Waals surface area (Å²) < 4.78 is 12.8. The molecule has 0 bridgehead atoms. The van der Waals surface area contributed by atoms with Crippen LogP contribution in [0.5, 0.6) is 0 Å². The summed E-state index contributed by atoms with van der Waals surface area (Å²) in [5.41, 5.74) is 13.4. The number of fused-ring (bicyclic) bond motifs is 9. The molecule has 0 atom stereocenters. The maximum atomic E-state index is 6.59. The maximum Gasteiger partial charge on any atom is 0.164 e. The zero-order valence-corrected chi connectivity index (χ0v) is 29.1. The van der Waals surface area contributed by atoms with Gasteiger partial charge < -0.3 is 8.83 Å². The molecular weight excluding hydrogens is 651 g/mol. The Kier molecular flexibility index (Phi) is 6.23. The first kappa shape index (κ1) is 29.8. The van der Waals surface area contributed by atoms with Gasteiger partial charge in [0.2, 0.25) is 0 Å². The van der Waals surface area contributed by atoms with E-state index in [2.05, 4.69) is 105 Å². The second-order valence-electron chi connectivity index (χ2n) is 14.4. The summed E-state index contributed by atoms with van der Waals surface area (Å²) in [4.78, 5) is 15.2. The lowest BCUT2D eigenvalue weighted by molar-refractivity contribution is 0.658. The third kappa shape index (κ3) is 4.54. The van der Waals surface area contributed by atoms with Gasteiger partial charge in [0.05, 0.1) is 0 Å². The third-order valence-corrected chi connectivity index (χ3v) is 10.9. The molecule has 5 heteroatoms. The highest BCUT2D eigenvalue weighted by atomic mass is 16.3. The van der Waals surface area contributed by atoms with Crippen molar-refractivity contribution in [1.82, 2.24) is 15.0 Å². The molecule has 53 heavy (non-hydrogen) atoms. The molecule has 11 rings (SSSR count). The molecule has 7 aromatic carbocycles. The molecule has 250 valence electrons. The molecule has 10 aromatic rings. The van der Waals surface area contributed by atoms with Crippen LogP contribution in [0.4, 0.5) is 0 Å². The normalized spacial score (nSPS) is 13.2. The van der Waals surface area contributed by atoms with Crippen molar-refractivity contribution in [3.05, 3.63) is 163 Å². The number of hydrogen-bond acceptors (Lipinski definition) is 5. The minimum absolute atomic E-state index is 0.0712. The van der Waals surface area contributed by atoms with E-state index in [0.717, 1.165) is 71.7 Å². The maximum absolute atomic E-state index is 6.59. The molecule has 0 spiro atoms. The fourth-order valence-corrected chi connectivity index (χ4v) is 8.29. The lowest BCUT2D eigenvalue weighted by Gasteiger charge is -2.21. The van der Waals surface area contributed by atoms with E-state index in [4.69, 9.17) is 23.8 Å². The van der Waals surface area contributed by atoms with Crippen LogP contribution in [0.1, 0.15) is 25.0 Å². The first-order valence-electron chi connectivity index (χ1n) is 17.9. The molecule has 5 nitrogen and oxygen atoms in total. The van der Waals surface area contributed by atoms with Crippen LogP contribution in [-0.4, -0.2) is 15.0 Å². The van der Waals surface area contributed by atoms with E-state index in [9.17, 15) is 0 Å². The van der Waals surface area contributed by atoms with Crippen molar-refractivity contribution in [3.8, 4) is 56.4 Å². The third-order valence-electron chi connectivity index (χ3n) is 10.9. The van der Waals surface area contributed by atoms with Crippen LogP contribution in [0, 0.1) is 0 Å². The van der Waals surface area contributed by atoms with Gasteiger partial charge in [0.15, 0.2) is 17.5 Å². The first-order valence-corrected chi connectivity index (χ1v) is 17.9. The Morgan fingerprint density at radius 3 is 1.92 bits per heavy atom. The number of para-hydroxylation sites is 1. The van der Waals surface area contributed by atoms with Gasteiger partial charge in [-0.3, -0.25) is 0 Å². The number of rotatable bonds is 4. The summed E-state index contributed by atoms with van der Waals surface area (Å²) in [5, 5.41) is 4.28. The molecule has 0 fully saturated rings. The number of benzene rings is 7. The lowest BCUT2D eigenvalue weighted by atomic mass is 9.82. The van der Waals surface area contributed by atoms with Gasteiger partial charge in [0, 0.05) is 43.7 Å². The molecule has 0 amide bonds. The monoisotopic (exact) mass is 681 g/mol. The SMILES string of the molecule is CC1(C)c2ccccc2-c2cc3oc4cc(-c5cccc(-c6nc(-c7ccccc7)nc(-c7cccc8oc9ccccc9c78)n6)c5)ccc4c3cc21. The van der Waals surface area contributed by atoms with Gasteiger partial charge in [-0.15, -0.1) is 0 Å². The van der Waals surface area contributed by atoms with E-state index in [-0.39, 0.29) is 5.41 Å². The molecule has 3 heterocycles. The van der Waals surface area contributed by atoms with Crippen LogP contribution in [0.25, 0.3) is 100 Å². The van der Waals surface area contributed by atoms with Crippen molar-refractivity contribution in [2.45, 2.75) is 19.3 Å². The molecule has 0 aliphatic heterocycles. The zero-order chi connectivity index (χ0) is 35.3. The smallest absolute Gasteiger partial charge is 0.164 e. The van der Waals surface area contributed by atoms with Crippen LogP contribution < -0.4 is 0 Å². The lowest BCUT2D eigenvalue weighted by Crippen LogP contribution is -2.14. The molecule has 0 saturated heterocycles. The molecule has 1 aliphatic rings.